The molecule has 2 radical (unpaired) electrons. The molecule has 0 N–H and O–H groups in total. The summed E-state index contributed by atoms with van der Waals surface area (Å²) in [5.74, 6) is -0.942. The monoisotopic (exact) mass is 488 g/mol. The number of carbonyl (C=O) groups is 2. The van der Waals surface area contributed by atoms with E-state index in [0.717, 1.165) is 25.7 Å². The van der Waals surface area contributed by atoms with Gasteiger partial charge in [0.25, 0.3) is 0 Å². The first kappa shape index (κ1) is 20.1. The van der Waals surface area contributed by atoms with E-state index in [0.29, 0.717) is 13.2 Å². The third kappa shape index (κ3) is 7.06. The average molecular weight is 488 g/mol. The Kier molecular flexibility index (Phi) is 11.2. The molecule has 0 fully saturated rings. The molecule has 21 heavy (non-hydrogen) atoms. The summed E-state index contributed by atoms with van der Waals surface area (Å²) in [5.41, 5.74) is 0.537. The van der Waals surface area contributed by atoms with Crippen molar-refractivity contribution in [1.82, 2.24) is 0 Å². The molecule has 0 saturated carbocycles. The minimum atomic E-state index is -0.471. The van der Waals surface area contributed by atoms with Crippen molar-refractivity contribution in [3.63, 3.8) is 0 Å². The fourth-order valence-corrected chi connectivity index (χ4v) is 1.61. The maximum atomic E-state index is 11.9. The fraction of sp³-hybridized carbons (Fsp3) is 0.500. The molecule has 0 unspecified atom stereocenters. The molecule has 0 atom stereocenters. The van der Waals surface area contributed by atoms with Gasteiger partial charge in [-0.3, -0.25) is 0 Å². The number of esters is 2. The summed E-state index contributed by atoms with van der Waals surface area (Å²) in [4.78, 5) is 23.9. The van der Waals surface area contributed by atoms with Crippen LogP contribution in [0.4, 0.5) is 0 Å². The van der Waals surface area contributed by atoms with Gasteiger partial charge in [-0.1, -0.05) is 38.8 Å². The number of ether oxygens (including phenoxy) is 2. The first-order chi connectivity index (χ1) is 9.70. The molecule has 5 heteroatoms. The normalized spacial score (nSPS) is 9.62. The maximum absolute atomic E-state index is 11.9. The van der Waals surface area contributed by atoms with Gasteiger partial charge in [0.05, 0.1) is 24.3 Å². The van der Waals surface area contributed by atoms with Crippen LogP contribution in [-0.2, 0) is 9.47 Å². The molecule has 4 nitrogen and oxygen atoms in total. The standard InChI is InChI=1S/C16H22O4.Pb.2H/c1-3-5-11-19-15(17)13-9-7-8-10-14(13)16(18)20-12-6-4-2;;;/h7-10H,3-6,11-12H2,1-2H3;;;. The van der Waals surface area contributed by atoms with E-state index >= 15 is 0 Å². The first-order valence-electron chi connectivity index (χ1n) is 7.14. The van der Waals surface area contributed by atoms with Crippen LogP contribution in [0.3, 0.4) is 0 Å². The molecule has 0 aliphatic rings. The fourth-order valence-electron chi connectivity index (χ4n) is 1.61. The summed E-state index contributed by atoms with van der Waals surface area (Å²) in [6, 6.07) is 6.59. The van der Waals surface area contributed by atoms with Crippen LogP contribution in [-0.4, -0.2) is 52.5 Å². The van der Waals surface area contributed by atoms with Crippen molar-refractivity contribution in [2.45, 2.75) is 39.5 Å². The van der Waals surface area contributed by atoms with E-state index in [1.54, 1.807) is 24.3 Å². The van der Waals surface area contributed by atoms with Gasteiger partial charge in [0.15, 0.2) is 0 Å². The quantitative estimate of drug-likeness (QED) is 0.322. The Balaban J connectivity index is 0.00000400. The van der Waals surface area contributed by atoms with Crippen LogP contribution in [0.15, 0.2) is 24.3 Å². The summed E-state index contributed by atoms with van der Waals surface area (Å²) < 4.78 is 10.3. The van der Waals surface area contributed by atoms with Gasteiger partial charge < -0.3 is 9.47 Å². The van der Waals surface area contributed by atoms with Gasteiger partial charge in [0, 0.05) is 0 Å². The Morgan fingerprint density at radius 1 is 0.857 bits per heavy atom. The Labute approximate surface area is 146 Å². The van der Waals surface area contributed by atoms with Crippen LogP contribution >= 0.6 is 0 Å². The predicted octanol–water partition coefficient (Wildman–Crippen LogP) is 2.68. The van der Waals surface area contributed by atoms with Crippen LogP contribution in [0.1, 0.15) is 60.2 Å². The third-order valence-corrected chi connectivity index (χ3v) is 2.83. The summed E-state index contributed by atoms with van der Waals surface area (Å²) in [6.07, 6.45) is 3.53. The molecule has 0 saturated heterocycles. The Hall–Kier alpha value is -0.918. The van der Waals surface area contributed by atoms with Gasteiger partial charge in [-0.15, -0.1) is 0 Å². The number of carbonyl (C=O) groups excluding carboxylic acids is 2. The van der Waals surface area contributed by atoms with E-state index in [1.807, 2.05) is 13.8 Å². The number of rotatable bonds is 8. The molecule has 0 spiro atoms. The van der Waals surface area contributed by atoms with Crippen LogP contribution < -0.4 is 0 Å². The van der Waals surface area contributed by atoms with Gasteiger partial charge in [-0.05, 0) is 25.0 Å². The Morgan fingerprint density at radius 2 is 1.24 bits per heavy atom. The Bertz CT molecular complexity index is 405. The zero-order valence-corrected chi connectivity index (χ0v) is 18.4. The van der Waals surface area contributed by atoms with Gasteiger partial charge in [0.2, 0.25) is 0 Å². The minimum absolute atomic E-state index is 0. The molecule has 1 aromatic carbocycles. The Morgan fingerprint density at radius 3 is 1.57 bits per heavy atom. The van der Waals surface area contributed by atoms with Crippen LogP contribution in [0.25, 0.3) is 0 Å². The van der Waals surface area contributed by atoms with Crippen molar-refractivity contribution in [1.29, 1.82) is 0 Å². The van der Waals surface area contributed by atoms with Gasteiger partial charge in [0.1, 0.15) is 0 Å². The molecular weight excluding hydrogens is 463 g/mol. The molecule has 0 heterocycles. The van der Waals surface area contributed by atoms with Crippen molar-refractivity contribution in [3.05, 3.63) is 35.4 Å². The second kappa shape index (κ2) is 11.7. The molecule has 0 aliphatic carbocycles. The zero-order chi connectivity index (χ0) is 14.8. The molecule has 0 bridgehead atoms. The summed E-state index contributed by atoms with van der Waals surface area (Å²) in [5, 5.41) is 0. The molecular formula is C16H24O4Pb. The van der Waals surface area contributed by atoms with Gasteiger partial charge in [-0.2, -0.15) is 0 Å². The zero-order valence-electron chi connectivity index (χ0n) is 12.9. The van der Waals surface area contributed by atoms with E-state index < -0.39 is 11.9 Å². The van der Waals surface area contributed by atoms with Crippen LogP contribution in [0.5, 0.6) is 0 Å². The molecule has 0 aromatic heterocycles. The van der Waals surface area contributed by atoms with Crippen molar-refractivity contribution in [3.8, 4) is 0 Å². The number of unbranched alkanes of at least 4 members (excludes halogenated alkanes) is 2. The van der Waals surface area contributed by atoms with E-state index in [4.69, 9.17) is 9.47 Å². The summed E-state index contributed by atoms with van der Waals surface area (Å²) >= 11 is 0. The van der Waals surface area contributed by atoms with Crippen molar-refractivity contribution in [2.75, 3.05) is 13.2 Å². The van der Waals surface area contributed by atoms with Crippen LogP contribution in [0.2, 0.25) is 0 Å². The molecule has 1 aromatic rings. The van der Waals surface area contributed by atoms with E-state index in [1.165, 1.54) is 0 Å². The van der Waals surface area contributed by atoms with E-state index in [2.05, 4.69) is 0 Å². The summed E-state index contributed by atoms with van der Waals surface area (Å²) in [6.45, 7) is 4.78. The second-order valence-corrected chi connectivity index (χ2v) is 4.52. The number of hydrogen-bond acceptors (Lipinski definition) is 4. The average Bonchev–Trinajstić information content (AvgIpc) is 2.47. The summed E-state index contributed by atoms with van der Waals surface area (Å²) in [7, 11) is 0. The topological polar surface area (TPSA) is 52.6 Å². The van der Waals surface area contributed by atoms with Crippen molar-refractivity contribution < 1.29 is 19.1 Å². The molecule has 0 amide bonds. The SMILES string of the molecule is CCCCOC(=O)c1ccccc1C(=O)OCCCC.[PbH2]. The van der Waals surface area contributed by atoms with Gasteiger partial charge >= 0.3 is 39.2 Å². The van der Waals surface area contributed by atoms with Crippen molar-refractivity contribution in [2.24, 2.45) is 0 Å². The van der Waals surface area contributed by atoms with Gasteiger partial charge in [-0.25, -0.2) is 9.59 Å². The van der Waals surface area contributed by atoms with E-state index in [-0.39, 0.29) is 38.4 Å². The number of hydrogen-bond donors (Lipinski definition) is 0. The van der Waals surface area contributed by atoms with E-state index in [9.17, 15) is 9.59 Å². The molecule has 116 valence electrons. The first-order valence-corrected chi connectivity index (χ1v) is 7.14. The third-order valence-electron chi connectivity index (χ3n) is 2.83. The van der Waals surface area contributed by atoms with Crippen LogP contribution in [0, 0.1) is 0 Å². The second-order valence-electron chi connectivity index (χ2n) is 4.52. The predicted molar refractivity (Wildman–Crippen MR) is 85.4 cm³/mol. The molecule has 1 rings (SSSR count). The van der Waals surface area contributed by atoms with Crippen molar-refractivity contribution >= 4 is 39.2 Å². The number of benzene rings is 1. The molecule has 0 aliphatic heterocycles.